The van der Waals surface area contributed by atoms with Crippen molar-refractivity contribution in [3.63, 3.8) is 0 Å². The van der Waals surface area contributed by atoms with E-state index in [2.05, 4.69) is 39.8 Å². The second-order valence-corrected chi connectivity index (χ2v) is 10.8. The van der Waals surface area contributed by atoms with Crippen LogP contribution in [0.3, 0.4) is 0 Å². The number of rotatable bonds is 12. The minimum atomic E-state index is -0.734. The summed E-state index contributed by atoms with van der Waals surface area (Å²) in [5.74, 6) is 1.78. The number of aliphatic hydroxyl groups is 1. The second-order valence-electron chi connectivity index (χ2n) is 9.72. The van der Waals surface area contributed by atoms with Crippen molar-refractivity contribution < 1.29 is 19.7 Å². The van der Waals surface area contributed by atoms with E-state index in [9.17, 15) is 15.0 Å². The number of aromatic nitrogens is 2. The molecule has 1 saturated heterocycles. The van der Waals surface area contributed by atoms with Crippen molar-refractivity contribution in [3.05, 3.63) is 54.4 Å². The number of fused-ring (bicyclic) bond motifs is 1. The fraction of sp³-hybridized carbons (Fsp3) is 0.500. The Hall–Kier alpha value is -2.55. The summed E-state index contributed by atoms with van der Waals surface area (Å²) >= 11 is 1.86. The largest absolute Gasteiger partial charge is 0.497 e. The van der Waals surface area contributed by atoms with Crippen LogP contribution in [-0.2, 0) is 11.8 Å². The summed E-state index contributed by atoms with van der Waals surface area (Å²) in [4.78, 5) is 18.2. The van der Waals surface area contributed by atoms with E-state index in [1.165, 1.54) is 5.03 Å². The average molecular weight is 512 g/mol. The summed E-state index contributed by atoms with van der Waals surface area (Å²) in [5, 5.41) is 22.6. The third kappa shape index (κ3) is 6.81. The van der Waals surface area contributed by atoms with Gasteiger partial charge in [-0.3, -0.25) is 9.78 Å². The van der Waals surface area contributed by atoms with E-state index in [1.54, 1.807) is 13.3 Å². The van der Waals surface area contributed by atoms with Crippen LogP contribution in [0.1, 0.15) is 43.8 Å². The Labute approximate surface area is 217 Å². The Morgan fingerprint density at radius 3 is 2.86 bits per heavy atom. The first-order valence-electron chi connectivity index (χ1n) is 12.7. The number of aryl methyl sites for hydroxylation is 1. The Bertz CT molecular complexity index is 1150. The van der Waals surface area contributed by atoms with E-state index >= 15 is 0 Å². The molecule has 0 saturated carbocycles. The molecule has 1 aliphatic rings. The number of likely N-dealkylation sites (tertiary alicyclic amines) is 1. The highest BCUT2D eigenvalue weighted by Crippen LogP contribution is 2.35. The van der Waals surface area contributed by atoms with E-state index < -0.39 is 12.1 Å². The van der Waals surface area contributed by atoms with Gasteiger partial charge in [0, 0.05) is 50.1 Å². The number of nitrogens with zero attached hydrogens (tertiary/aromatic N) is 3. The number of benzene rings is 1. The zero-order valence-corrected chi connectivity index (χ0v) is 22.0. The van der Waals surface area contributed by atoms with Gasteiger partial charge in [0.05, 0.1) is 23.8 Å². The Balaban J connectivity index is 1.36. The molecule has 0 amide bonds. The number of carbonyl (C=O) groups is 1. The van der Waals surface area contributed by atoms with E-state index in [1.807, 2.05) is 36.0 Å². The number of hydrogen-bond donors (Lipinski definition) is 2. The predicted octanol–water partition coefficient (Wildman–Crippen LogP) is 4.99. The Morgan fingerprint density at radius 1 is 1.25 bits per heavy atom. The van der Waals surface area contributed by atoms with E-state index in [-0.39, 0.29) is 6.42 Å². The summed E-state index contributed by atoms with van der Waals surface area (Å²) in [7, 11) is 3.70. The van der Waals surface area contributed by atoms with Crippen molar-refractivity contribution in [1.29, 1.82) is 0 Å². The third-order valence-electron chi connectivity index (χ3n) is 7.41. The molecule has 2 N–H and O–H groups in total. The van der Waals surface area contributed by atoms with Gasteiger partial charge >= 0.3 is 5.97 Å². The van der Waals surface area contributed by atoms with Crippen LogP contribution >= 0.6 is 11.8 Å². The number of aliphatic carboxylic acids is 1. The fourth-order valence-corrected chi connectivity index (χ4v) is 6.34. The van der Waals surface area contributed by atoms with E-state index in [0.29, 0.717) is 24.7 Å². The van der Waals surface area contributed by atoms with Crippen molar-refractivity contribution in [3.8, 4) is 5.75 Å². The van der Waals surface area contributed by atoms with Gasteiger partial charge in [-0.15, -0.1) is 11.8 Å². The second kappa shape index (κ2) is 12.6. The molecule has 3 heterocycles. The van der Waals surface area contributed by atoms with Gasteiger partial charge < -0.3 is 24.4 Å². The highest BCUT2D eigenvalue weighted by molar-refractivity contribution is 7.99. The van der Waals surface area contributed by atoms with Gasteiger partial charge in [-0.25, -0.2) is 0 Å². The highest BCUT2D eigenvalue weighted by Gasteiger charge is 2.30. The lowest BCUT2D eigenvalue weighted by molar-refractivity contribution is -0.137. The van der Waals surface area contributed by atoms with Crippen LogP contribution in [-0.4, -0.2) is 63.1 Å². The van der Waals surface area contributed by atoms with Crippen molar-refractivity contribution in [2.75, 3.05) is 32.5 Å². The zero-order valence-electron chi connectivity index (χ0n) is 21.2. The lowest BCUT2D eigenvalue weighted by Gasteiger charge is -2.39. The molecule has 4 rings (SSSR count). The number of carboxylic acid groups (broad SMARTS) is 1. The van der Waals surface area contributed by atoms with Crippen LogP contribution in [0, 0.1) is 11.8 Å². The van der Waals surface area contributed by atoms with Gasteiger partial charge in [-0.05, 0) is 86.0 Å². The molecule has 0 bridgehead atoms. The molecule has 3 aromatic rings. The van der Waals surface area contributed by atoms with Crippen LogP contribution in [0.5, 0.6) is 5.75 Å². The van der Waals surface area contributed by atoms with Crippen LogP contribution in [0.15, 0.2) is 53.8 Å². The maximum absolute atomic E-state index is 11.3. The normalized spacial score (nSPS) is 19.4. The minimum absolute atomic E-state index is 0.199. The molecule has 1 aromatic carbocycles. The number of carboxylic acids is 1. The molecule has 36 heavy (non-hydrogen) atoms. The van der Waals surface area contributed by atoms with Crippen LogP contribution in [0.2, 0.25) is 0 Å². The van der Waals surface area contributed by atoms with Crippen LogP contribution in [0.25, 0.3) is 10.9 Å². The monoisotopic (exact) mass is 511 g/mol. The number of piperidine rings is 1. The summed E-state index contributed by atoms with van der Waals surface area (Å²) in [6, 6.07) is 11.8. The average Bonchev–Trinajstić information content (AvgIpc) is 3.30. The first-order chi connectivity index (χ1) is 17.4. The Morgan fingerprint density at radius 2 is 2.11 bits per heavy atom. The number of thioether (sulfide) groups is 1. The molecule has 0 unspecified atom stereocenters. The first-order valence-corrected chi connectivity index (χ1v) is 13.7. The number of ether oxygens (including phenoxy) is 1. The van der Waals surface area contributed by atoms with Crippen molar-refractivity contribution >= 4 is 28.6 Å². The molecular weight excluding hydrogens is 474 g/mol. The summed E-state index contributed by atoms with van der Waals surface area (Å²) in [5.41, 5.74) is 1.71. The summed E-state index contributed by atoms with van der Waals surface area (Å²) < 4.78 is 7.51. The molecule has 3 atom stereocenters. The number of hydrogen-bond acceptors (Lipinski definition) is 6. The van der Waals surface area contributed by atoms with Gasteiger partial charge in [-0.2, -0.15) is 0 Å². The summed E-state index contributed by atoms with van der Waals surface area (Å²) in [6.45, 7) is 2.95. The smallest absolute Gasteiger partial charge is 0.303 e. The summed E-state index contributed by atoms with van der Waals surface area (Å²) in [6.07, 6.45) is 6.67. The topological polar surface area (TPSA) is 87.8 Å². The molecule has 194 valence electrons. The molecule has 1 aliphatic heterocycles. The fourth-order valence-electron chi connectivity index (χ4n) is 5.34. The quantitative estimate of drug-likeness (QED) is 0.331. The van der Waals surface area contributed by atoms with Crippen molar-refractivity contribution in [2.24, 2.45) is 18.9 Å². The molecule has 2 aromatic heterocycles. The molecule has 1 fully saturated rings. The van der Waals surface area contributed by atoms with Gasteiger partial charge in [0.15, 0.2) is 0 Å². The van der Waals surface area contributed by atoms with Crippen LogP contribution < -0.4 is 4.74 Å². The van der Waals surface area contributed by atoms with Gasteiger partial charge in [0.25, 0.3) is 0 Å². The maximum atomic E-state index is 11.3. The third-order valence-corrected chi connectivity index (χ3v) is 8.52. The lowest BCUT2D eigenvalue weighted by Crippen LogP contribution is -2.41. The first kappa shape index (κ1) is 26.5. The Kier molecular flexibility index (Phi) is 9.29. The molecule has 7 nitrogen and oxygen atoms in total. The number of pyridine rings is 1. The number of methoxy groups -OCH3 is 1. The van der Waals surface area contributed by atoms with E-state index in [4.69, 9.17) is 4.74 Å². The minimum Gasteiger partial charge on any atom is -0.497 e. The standard InChI is InChI=1S/C28H37N3O4S/c1-30-14-3-4-27(30)36-17-16-31-15-12-20(21(19-31)6-10-28(33)34)5-9-26(32)23-11-13-29-25-8-7-22(35-2)18-24(23)25/h3-4,7-8,11,13-14,18,20-21,26,32H,5-6,9-10,12,15-17,19H2,1-2H3,(H,33,34)/t20-,21-,26-/m1/s1. The molecule has 0 spiro atoms. The SMILES string of the molecule is COc1ccc2nccc([C@H](O)CC[C@@H]3CCN(CCSc4cccn4C)C[C@H]3CCC(=O)O)c2c1. The maximum Gasteiger partial charge on any atom is 0.303 e. The van der Waals surface area contributed by atoms with Gasteiger partial charge in [0.2, 0.25) is 0 Å². The van der Waals surface area contributed by atoms with Gasteiger partial charge in [0.1, 0.15) is 5.75 Å². The zero-order chi connectivity index (χ0) is 25.5. The molecular formula is C28H37N3O4S. The predicted molar refractivity (Wildman–Crippen MR) is 144 cm³/mol. The highest BCUT2D eigenvalue weighted by atomic mass is 32.2. The molecule has 0 aliphatic carbocycles. The van der Waals surface area contributed by atoms with Crippen molar-refractivity contribution in [1.82, 2.24) is 14.5 Å². The van der Waals surface area contributed by atoms with E-state index in [0.717, 1.165) is 60.4 Å². The molecule has 0 radical (unpaired) electrons. The lowest BCUT2D eigenvalue weighted by atomic mass is 9.79. The van der Waals surface area contributed by atoms with Crippen LogP contribution in [0.4, 0.5) is 0 Å². The molecule has 8 heteroatoms. The van der Waals surface area contributed by atoms with Gasteiger partial charge in [-0.1, -0.05) is 0 Å². The number of aliphatic hydroxyl groups excluding tert-OH is 1. The van der Waals surface area contributed by atoms with Crippen molar-refractivity contribution in [2.45, 2.75) is 43.2 Å².